The van der Waals surface area contributed by atoms with E-state index in [1.54, 1.807) is 0 Å². The highest BCUT2D eigenvalue weighted by Gasteiger charge is 2.19. The molecule has 0 bridgehead atoms. The molecular formula is C19H30O6S. The fraction of sp³-hybridized carbons (Fsp3) is 0.632. The van der Waals surface area contributed by atoms with Crippen molar-refractivity contribution in [2.75, 3.05) is 26.1 Å². The number of carbonyl (C=O) groups excluding carboxylic acids is 1. The maximum Gasteiger partial charge on any atom is 0.309 e. The van der Waals surface area contributed by atoms with E-state index in [1.165, 1.54) is 0 Å². The van der Waals surface area contributed by atoms with Gasteiger partial charge in [-0.1, -0.05) is 31.9 Å². The highest BCUT2D eigenvalue weighted by atomic mass is 32.2. The number of carbonyl (C=O) groups is 1. The maximum absolute atomic E-state index is 12.1. The van der Waals surface area contributed by atoms with E-state index < -0.39 is 10.1 Å². The summed E-state index contributed by atoms with van der Waals surface area (Å²) in [5, 5.41) is 0. The summed E-state index contributed by atoms with van der Waals surface area (Å²) < 4.78 is 37.1. The molecule has 0 amide bonds. The topological polar surface area (TPSA) is 78.9 Å². The van der Waals surface area contributed by atoms with Crippen LogP contribution in [0.4, 0.5) is 0 Å². The minimum absolute atomic E-state index is 0.107. The lowest BCUT2D eigenvalue weighted by atomic mass is 9.94. The van der Waals surface area contributed by atoms with Gasteiger partial charge in [0.2, 0.25) is 0 Å². The summed E-state index contributed by atoms with van der Waals surface area (Å²) in [5.74, 6) is 0.455. The van der Waals surface area contributed by atoms with Crippen molar-refractivity contribution in [2.45, 2.75) is 46.0 Å². The number of hydrogen-bond acceptors (Lipinski definition) is 6. The highest BCUT2D eigenvalue weighted by molar-refractivity contribution is 7.85. The van der Waals surface area contributed by atoms with Crippen LogP contribution >= 0.6 is 0 Å². The zero-order chi connectivity index (χ0) is 19.4. The Morgan fingerprint density at radius 2 is 1.77 bits per heavy atom. The van der Waals surface area contributed by atoms with Gasteiger partial charge in [-0.3, -0.25) is 8.98 Å². The molecule has 1 aromatic rings. The van der Waals surface area contributed by atoms with E-state index in [0.717, 1.165) is 31.1 Å². The van der Waals surface area contributed by atoms with Gasteiger partial charge in [-0.2, -0.15) is 8.42 Å². The molecule has 1 rings (SSSR count). The average molecular weight is 387 g/mol. The Labute approximate surface area is 157 Å². The molecule has 26 heavy (non-hydrogen) atoms. The lowest BCUT2D eigenvalue weighted by molar-refractivity contribution is -0.148. The third-order valence-electron chi connectivity index (χ3n) is 3.79. The van der Waals surface area contributed by atoms with Crippen LogP contribution in [-0.4, -0.2) is 40.5 Å². The minimum atomic E-state index is -3.40. The summed E-state index contributed by atoms with van der Waals surface area (Å²) in [7, 11) is -3.40. The van der Waals surface area contributed by atoms with Crippen LogP contribution in [0.1, 0.15) is 45.1 Å². The molecule has 0 aliphatic rings. The predicted octanol–water partition coefficient (Wildman–Crippen LogP) is 3.34. The van der Waals surface area contributed by atoms with Crippen molar-refractivity contribution < 1.29 is 26.9 Å². The average Bonchev–Trinajstić information content (AvgIpc) is 2.58. The largest absolute Gasteiger partial charge is 0.494 e. The summed E-state index contributed by atoms with van der Waals surface area (Å²) >= 11 is 0. The van der Waals surface area contributed by atoms with Crippen molar-refractivity contribution in [3.8, 4) is 5.75 Å². The molecule has 0 radical (unpaired) electrons. The summed E-state index contributed by atoms with van der Waals surface area (Å²) in [5.41, 5.74) is 1.06. The number of hydrogen-bond donors (Lipinski definition) is 0. The predicted molar refractivity (Wildman–Crippen MR) is 101 cm³/mol. The first-order valence-corrected chi connectivity index (χ1v) is 10.9. The molecule has 1 atom stereocenters. The molecule has 6 nitrogen and oxygen atoms in total. The lowest BCUT2D eigenvalue weighted by Crippen LogP contribution is -2.20. The molecule has 1 aromatic carbocycles. The van der Waals surface area contributed by atoms with Crippen molar-refractivity contribution in [3.05, 3.63) is 29.8 Å². The Bertz CT molecular complexity index is 624. The Balaban J connectivity index is 2.47. The standard InChI is InChI=1S/C19H30O6S/c1-4-6-8-17(19(20)23-5-2)15-16-9-11-18(12-10-16)24-13-7-14-25-26(3,21)22/h9-12,17H,4-8,13-15H2,1-3H3. The molecule has 0 N–H and O–H groups in total. The summed E-state index contributed by atoms with van der Waals surface area (Å²) in [6.45, 7) is 4.81. The molecule has 0 heterocycles. The second-order valence-electron chi connectivity index (χ2n) is 6.17. The van der Waals surface area contributed by atoms with Crippen LogP contribution in [-0.2, 0) is 30.3 Å². The zero-order valence-corrected chi connectivity index (χ0v) is 16.7. The van der Waals surface area contributed by atoms with E-state index in [2.05, 4.69) is 11.1 Å². The van der Waals surface area contributed by atoms with E-state index in [0.29, 0.717) is 31.8 Å². The van der Waals surface area contributed by atoms with Gasteiger partial charge in [0.05, 0.1) is 32.0 Å². The Kier molecular flexibility index (Phi) is 10.3. The van der Waals surface area contributed by atoms with Crippen molar-refractivity contribution >= 4 is 16.1 Å². The van der Waals surface area contributed by atoms with Crippen molar-refractivity contribution in [1.29, 1.82) is 0 Å². The summed E-state index contributed by atoms with van der Waals surface area (Å²) in [4.78, 5) is 12.1. The SMILES string of the molecule is CCCCC(Cc1ccc(OCCCOS(C)(=O)=O)cc1)C(=O)OCC. The Morgan fingerprint density at radius 1 is 1.08 bits per heavy atom. The fourth-order valence-corrected chi connectivity index (χ4v) is 2.90. The summed E-state index contributed by atoms with van der Waals surface area (Å²) in [6, 6.07) is 7.60. The second-order valence-corrected chi connectivity index (χ2v) is 7.81. The van der Waals surface area contributed by atoms with Crippen LogP contribution in [0, 0.1) is 5.92 Å². The molecule has 0 aliphatic heterocycles. The van der Waals surface area contributed by atoms with Crippen LogP contribution in [0.25, 0.3) is 0 Å². The fourth-order valence-electron chi connectivity index (χ4n) is 2.48. The van der Waals surface area contributed by atoms with Crippen LogP contribution in [0.5, 0.6) is 5.75 Å². The number of ether oxygens (including phenoxy) is 2. The van der Waals surface area contributed by atoms with Gasteiger partial charge in [-0.05, 0) is 37.5 Å². The Morgan fingerprint density at radius 3 is 2.35 bits per heavy atom. The molecule has 0 saturated carbocycles. The first-order valence-electron chi connectivity index (χ1n) is 9.08. The van der Waals surface area contributed by atoms with Crippen LogP contribution in [0.15, 0.2) is 24.3 Å². The summed E-state index contributed by atoms with van der Waals surface area (Å²) in [6.07, 6.45) is 5.04. The van der Waals surface area contributed by atoms with Crippen molar-refractivity contribution in [1.82, 2.24) is 0 Å². The van der Waals surface area contributed by atoms with Crippen LogP contribution in [0.3, 0.4) is 0 Å². The normalized spacial score (nSPS) is 12.6. The van der Waals surface area contributed by atoms with E-state index in [1.807, 2.05) is 31.2 Å². The van der Waals surface area contributed by atoms with Gasteiger partial charge in [0, 0.05) is 6.42 Å². The van der Waals surface area contributed by atoms with Gasteiger partial charge < -0.3 is 9.47 Å². The maximum atomic E-state index is 12.1. The monoisotopic (exact) mass is 386 g/mol. The number of esters is 1. The number of rotatable bonds is 13. The first-order chi connectivity index (χ1) is 12.4. The highest BCUT2D eigenvalue weighted by Crippen LogP contribution is 2.20. The van der Waals surface area contributed by atoms with Gasteiger partial charge in [0.1, 0.15) is 5.75 Å². The Hall–Kier alpha value is -1.60. The van der Waals surface area contributed by atoms with Gasteiger partial charge in [-0.25, -0.2) is 0 Å². The number of unbranched alkanes of at least 4 members (excludes halogenated alkanes) is 1. The smallest absolute Gasteiger partial charge is 0.309 e. The van der Waals surface area contributed by atoms with Gasteiger partial charge >= 0.3 is 5.97 Å². The molecule has 148 valence electrons. The molecular weight excluding hydrogens is 356 g/mol. The van der Waals surface area contributed by atoms with Crippen LogP contribution in [0.2, 0.25) is 0 Å². The molecule has 7 heteroatoms. The zero-order valence-electron chi connectivity index (χ0n) is 15.9. The molecule has 0 fully saturated rings. The van der Waals surface area contributed by atoms with Crippen LogP contribution < -0.4 is 4.74 Å². The molecule has 0 spiro atoms. The molecule has 0 aromatic heterocycles. The van der Waals surface area contributed by atoms with Gasteiger partial charge in [0.15, 0.2) is 0 Å². The third kappa shape index (κ3) is 9.77. The second kappa shape index (κ2) is 11.9. The quantitative estimate of drug-likeness (QED) is 0.294. The third-order valence-corrected chi connectivity index (χ3v) is 4.38. The molecule has 0 saturated heterocycles. The lowest BCUT2D eigenvalue weighted by Gasteiger charge is -2.15. The minimum Gasteiger partial charge on any atom is -0.494 e. The number of benzene rings is 1. The van der Waals surface area contributed by atoms with Crippen molar-refractivity contribution in [3.63, 3.8) is 0 Å². The van der Waals surface area contributed by atoms with E-state index in [9.17, 15) is 13.2 Å². The van der Waals surface area contributed by atoms with E-state index in [4.69, 9.17) is 9.47 Å². The van der Waals surface area contributed by atoms with Gasteiger partial charge in [0.25, 0.3) is 10.1 Å². The van der Waals surface area contributed by atoms with E-state index >= 15 is 0 Å². The van der Waals surface area contributed by atoms with Crippen molar-refractivity contribution in [2.24, 2.45) is 5.92 Å². The first kappa shape index (κ1) is 22.4. The molecule has 1 unspecified atom stereocenters. The van der Waals surface area contributed by atoms with Gasteiger partial charge in [-0.15, -0.1) is 0 Å². The molecule has 0 aliphatic carbocycles. The van der Waals surface area contributed by atoms with E-state index in [-0.39, 0.29) is 18.5 Å².